The number of nitrogens with one attached hydrogen (secondary N) is 3. The summed E-state index contributed by atoms with van der Waals surface area (Å²) >= 11 is 3.53. The normalized spacial score (nSPS) is 27.6. The van der Waals surface area contributed by atoms with Crippen LogP contribution in [-0.2, 0) is 4.79 Å². The molecule has 0 aliphatic carbocycles. The van der Waals surface area contributed by atoms with Crippen molar-refractivity contribution in [1.29, 1.82) is 0 Å². The van der Waals surface area contributed by atoms with Crippen molar-refractivity contribution in [2.24, 2.45) is 5.92 Å². The van der Waals surface area contributed by atoms with Crippen LogP contribution in [0.5, 0.6) is 0 Å². The smallest absolute Gasteiger partial charge is 0.322 e. The summed E-state index contributed by atoms with van der Waals surface area (Å²) in [6.45, 7) is 3.38. The number of benzene rings is 1. The lowest BCUT2D eigenvalue weighted by Gasteiger charge is -2.43. The van der Waals surface area contributed by atoms with Crippen LogP contribution in [0.1, 0.15) is 13.3 Å². The summed E-state index contributed by atoms with van der Waals surface area (Å²) in [4.78, 5) is 26.0. The van der Waals surface area contributed by atoms with Crippen molar-refractivity contribution < 1.29 is 9.59 Å². The molecule has 2 unspecified atom stereocenters. The SMILES string of the molecule is CC1CN(c2cc(Br)cc3[nH]ncc23)CCC12NC(=O)NC2=O. The molecule has 2 atom stereocenters. The molecule has 1 aromatic carbocycles. The fourth-order valence-electron chi connectivity index (χ4n) is 3.64. The fourth-order valence-corrected chi connectivity index (χ4v) is 4.09. The second-order valence-electron chi connectivity index (χ2n) is 6.23. The standard InChI is InChI=1S/C15H16BrN5O2/c1-8-7-21(3-2-15(8)13(22)18-14(23)19-15)12-5-9(16)4-11-10(12)6-17-20-11/h4-6,8H,2-3,7H2,1H3,(H,17,20)(H2,18,19,22,23). The van der Waals surface area contributed by atoms with Gasteiger partial charge in [-0.25, -0.2) is 4.79 Å². The van der Waals surface area contributed by atoms with Gasteiger partial charge in [0.1, 0.15) is 5.54 Å². The Kier molecular flexibility index (Phi) is 3.12. The number of piperidine rings is 1. The quantitative estimate of drug-likeness (QED) is 0.660. The van der Waals surface area contributed by atoms with Crippen molar-refractivity contribution in [3.63, 3.8) is 0 Å². The highest BCUT2D eigenvalue weighted by molar-refractivity contribution is 9.10. The molecule has 7 nitrogen and oxygen atoms in total. The highest BCUT2D eigenvalue weighted by Crippen LogP contribution is 2.36. The number of rotatable bonds is 1. The molecule has 2 aliphatic heterocycles. The zero-order valence-corrected chi connectivity index (χ0v) is 14.1. The van der Waals surface area contributed by atoms with E-state index in [0.29, 0.717) is 19.5 Å². The van der Waals surface area contributed by atoms with Crippen LogP contribution in [0.25, 0.3) is 10.9 Å². The first-order valence-corrected chi connectivity index (χ1v) is 8.30. The number of urea groups is 1. The van der Waals surface area contributed by atoms with E-state index in [1.807, 2.05) is 19.2 Å². The maximum absolute atomic E-state index is 12.2. The highest BCUT2D eigenvalue weighted by atomic mass is 79.9. The Morgan fingerprint density at radius 1 is 1.39 bits per heavy atom. The van der Waals surface area contributed by atoms with Crippen LogP contribution in [0.15, 0.2) is 22.8 Å². The number of fused-ring (bicyclic) bond motifs is 1. The summed E-state index contributed by atoms with van der Waals surface area (Å²) in [5.74, 6) is -0.207. The van der Waals surface area contributed by atoms with Crippen LogP contribution in [0, 0.1) is 5.92 Å². The Balaban J connectivity index is 1.67. The molecular weight excluding hydrogens is 362 g/mol. The van der Waals surface area contributed by atoms with Crippen LogP contribution in [-0.4, -0.2) is 40.8 Å². The third-order valence-corrected chi connectivity index (χ3v) is 5.38. The number of imide groups is 1. The molecule has 0 bridgehead atoms. The molecule has 1 spiro atoms. The number of carbonyl (C=O) groups excluding carboxylic acids is 2. The van der Waals surface area contributed by atoms with Gasteiger partial charge in [0, 0.05) is 34.6 Å². The molecule has 1 aromatic heterocycles. The average Bonchev–Trinajstić information content (AvgIpc) is 3.06. The summed E-state index contributed by atoms with van der Waals surface area (Å²) < 4.78 is 0.976. The minimum Gasteiger partial charge on any atom is -0.370 e. The molecule has 23 heavy (non-hydrogen) atoms. The van der Waals surface area contributed by atoms with Gasteiger partial charge in [-0.1, -0.05) is 22.9 Å². The van der Waals surface area contributed by atoms with Crippen LogP contribution in [0.3, 0.4) is 0 Å². The maximum Gasteiger partial charge on any atom is 0.322 e. The predicted octanol–water partition coefficient (Wildman–Crippen LogP) is 1.75. The number of halogens is 1. The zero-order valence-electron chi connectivity index (χ0n) is 12.5. The number of hydrogen-bond donors (Lipinski definition) is 3. The summed E-state index contributed by atoms with van der Waals surface area (Å²) in [5, 5.41) is 13.4. The molecular formula is C15H16BrN5O2. The molecule has 2 aliphatic rings. The summed E-state index contributed by atoms with van der Waals surface area (Å²) in [6.07, 6.45) is 2.40. The number of amides is 3. The van der Waals surface area contributed by atoms with E-state index in [2.05, 4.69) is 47.7 Å². The van der Waals surface area contributed by atoms with E-state index < -0.39 is 11.6 Å². The van der Waals surface area contributed by atoms with Crippen molar-refractivity contribution in [2.75, 3.05) is 18.0 Å². The molecule has 3 amide bonds. The van der Waals surface area contributed by atoms with Gasteiger partial charge < -0.3 is 10.2 Å². The molecule has 4 rings (SSSR count). The van der Waals surface area contributed by atoms with Crippen molar-refractivity contribution in [1.82, 2.24) is 20.8 Å². The Labute approximate surface area is 140 Å². The van der Waals surface area contributed by atoms with E-state index in [-0.39, 0.29) is 11.8 Å². The molecule has 120 valence electrons. The third kappa shape index (κ3) is 2.12. The second-order valence-corrected chi connectivity index (χ2v) is 7.15. The van der Waals surface area contributed by atoms with Gasteiger partial charge in [-0.3, -0.25) is 15.2 Å². The molecule has 0 saturated carbocycles. The van der Waals surface area contributed by atoms with Crippen LogP contribution in [0.2, 0.25) is 0 Å². The van der Waals surface area contributed by atoms with Gasteiger partial charge in [0.2, 0.25) is 0 Å². The van der Waals surface area contributed by atoms with Crippen molar-refractivity contribution in [2.45, 2.75) is 18.9 Å². The lowest BCUT2D eigenvalue weighted by Crippen LogP contribution is -2.60. The molecule has 2 fully saturated rings. The highest BCUT2D eigenvalue weighted by Gasteiger charge is 2.52. The first-order chi connectivity index (χ1) is 11.0. The number of aromatic amines is 1. The fraction of sp³-hybridized carbons (Fsp3) is 0.400. The van der Waals surface area contributed by atoms with Gasteiger partial charge in [0.25, 0.3) is 5.91 Å². The summed E-state index contributed by atoms with van der Waals surface area (Å²) in [7, 11) is 0. The topological polar surface area (TPSA) is 90.1 Å². The van der Waals surface area contributed by atoms with E-state index in [1.54, 1.807) is 0 Å². The number of carbonyl (C=O) groups is 2. The number of H-pyrrole nitrogens is 1. The molecule has 3 heterocycles. The number of nitrogens with zero attached hydrogens (tertiary/aromatic N) is 2. The number of aromatic nitrogens is 2. The van der Waals surface area contributed by atoms with Crippen molar-refractivity contribution in [3.05, 3.63) is 22.8 Å². The predicted molar refractivity (Wildman–Crippen MR) is 89.2 cm³/mol. The van der Waals surface area contributed by atoms with E-state index >= 15 is 0 Å². The second kappa shape index (κ2) is 4.95. The summed E-state index contributed by atoms with van der Waals surface area (Å²) in [5.41, 5.74) is 1.26. The number of hydrogen-bond acceptors (Lipinski definition) is 4. The Hall–Kier alpha value is -2.09. The van der Waals surface area contributed by atoms with Crippen molar-refractivity contribution in [3.8, 4) is 0 Å². The monoisotopic (exact) mass is 377 g/mol. The molecule has 8 heteroatoms. The van der Waals surface area contributed by atoms with E-state index in [9.17, 15) is 9.59 Å². The van der Waals surface area contributed by atoms with Gasteiger partial charge in [-0.15, -0.1) is 0 Å². The molecule has 3 N–H and O–H groups in total. The van der Waals surface area contributed by atoms with E-state index in [0.717, 1.165) is 21.1 Å². The first-order valence-electron chi connectivity index (χ1n) is 7.51. The largest absolute Gasteiger partial charge is 0.370 e. The van der Waals surface area contributed by atoms with Gasteiger partial charge in [-0.2, -0.15) is 5.10 Å². The van der Waals surface area contributed by atoms with Crippen LogP contribution >= 0.6 is 15.9 Å². The van der Waals surface area contributed by atoms with E-state index in [4.69, 9.17) is 0 Å². The minimum atomic E-state index is -0.783. The molecule has 2 aromatic rings. The third-order valence-electron chi connectivity index (χ3n) is 4.92. The van der Waals surface area contributed by atoms with Crippen molar-refractivity contribution >= 4 is 44.5 Å². The lowest BCUT2D eigenvalue weighted by atomic mass is 9.78. The maximum atomic E-state index is 12.2. The average molecular weight is 378 g/mol. The molecule has 0 radical (unpaired) electrons. The molecule has 2 saturated heterocycles. The number of anilines is 1. The minimum absolute atomic E-state index is 0.00336. The van der Waals surface area contributed by atoms with E-state index in [1.165, 1.54) is 0 Å². The van der Waals surface area contributed by atoms with Gasteiger partial charge in [0.15, 0.2) is 0 Å². The zero-order chi connectivity index (χ0) is 16.2. The first kappa shape index (κ1) is 14.5. The lowest BCUT2D eigenvalue weighted by molar-refractivity contribution is -0.126. The Morgan fingerprint density at radius 3 is 2.91 bits per heavy atom. The Morgan fingerprint density at radius 2 is 2.22 bits per heavy atom. The van der Waals surface area contributed by atoms with Gasteiger partial charge >= 0.3 is 6.03 Å². The van der Waals surface area contributed by atoms with Crippen LogP contribution < -0.4 is 15.5 Å². The van der Waals surface area contributed by atoms with Gasteiger partial charge in [-0.05, 0) is 18.6 Å². The summed E-state index contributed by atoms with van der Waals surface area (Å²) in [6, 6.07) is 3.66. The van der Waals surface area contributed by atoms with Crippen LogP contribution in [0.4, 0.5) is 10.5 Å². The Bertz CT molecular complexity index is 819. The van der Waals surface area contributed by atoms with Gasteiger partial charge in [0.05, 0.1) is 11.7 Å².